The summed E-state index contributed by atoms with van der Waals surface area (Å²) in [5.41, 5.74) is 0. The smallest absolute Gasteiger partial charge is 0.0806 e. The van der Waals surface area contributed by atoms with E-state index in [1.165, 1.54) is 107 Å². The largest absolute Gasteiger partial charge is 1.00 e. The molecule has 0 aliphatic heterocycles. The Kier molecular flexibility index (Phi) is 22.9. The van der Waals surface area contributed by atoms with E-state index < -0.39 is 0 Å². The van der Waals surface area contributed by atoms with Gasteiger partial charge in [-0.2, -0.15) is 0 Å². The van der Waals surface area contributed by atoms with Crippen LogP contribution in [-0.2, 0) is 0 Å². The third kappa shape index (κ3) is 19.0. The van der Waals surface area contributed by atoms with Crippen molar-refractivity contribution in [3.05, 3.63) is 0 Å². The maximum atomic E-state index is 9.20. The fraction of sp³-hybridized carbons (Fsp3) is 1.00. The van der Waals surface area contributed by atoms with Crippen molar-refractivity contribution in [1.29, 1.82) is 0 Å². The van der Waals surface area contributed by atoms with Crippen LogP contribution < -0.4 is 17.0 Å². The Labute approximate surface area is 170 Å². The number of unbranched alkanes of at least 4 members (excludes halogenated alkanes) is 12. The molecule has 0 saturated heterocycles. The standard InChI is InChI=1S/C22H48NO.BrH/c1-4-6-8-10-12-14-16-19-23(3,21-18-22-24)20-17-15-13-11-9-7-5-2;/h24H,4-22H2,1-3H3;1H/q+1;/p-1. The fourth-order valence-corrected chi connectivity index (χ4v) is 3.69. The van der Waals surface area contributed by atoms with Crippen LogP contribution in [0.15, 0.2) is 0 Å². The normalized spacial score (nSPS) is 11.5. The van der Waals surface area contributed by atoms with Crippen LogP contribution in [-0.4, -0.2) is 42.9 Å². The van der Waals surface area contributed by atoms with Crippen LogP contribution in [0.3, 0.4) is 0 Å². The third-order valence-electron chi connectivity index (χ3n) is 5.46. The molecule has 0 aliphatic rings. The molecule has 0 fully saturated rings. The summed E-state index contributed by atoms with van der Waals surface area (Å²) < 4.78 is 1.18. The quantitative estimate of drug-likeness (QED) is 0.250. The van der Waals surface area contributed by atoms with Gasteiger partial charge in [-0.25, -0.2) is 0 Å². The van der Waals surface area contributed by atoms with E-state index in [1.807, 2.05) is 0 Å². The van der Waals surface area contributed by atoms with Crippen LogP contribution in [0.5, 0.6) is 0 Å². The minimum absolute atomic E-state index is 0. The summed E-state index contributed by atoms with van der Waals surface area (Å²) in [4.78, 5) is 0. The molecule has 0 atom stereocenters. The van der Waals surface area contributed by atoms with Crippen LogP contribution in [0.1, 0.15) is 110 Å². The van der Waals surface area contributed by atoms with Gasteiger partial charge < -0.3 is 26.6 Å². The Morgan fingerprint density at radius 2 is 0.840 bits per heavy atom. The highest BCUT2D eigenvalue weighted by Gasteiger charge is 2.19. The first-order valence-corrected chi connectivity index (χ1v) is 11.1. The number of hydrogen-bond donors (Lipinski definition) is 1. The molecule has 0 aromatic carbocycles. The number of aliphatic hydroxyl groups is 1. The van der Waals surface area contributed by atoms with Gasteiger partial charge >= 0.3 is 0 Å². The Morgan fingerprint density at radius 1 is 0.520 bits per heavy atom. The predicted molar refractivity (Wildman–Crippen MR) is 108 cm³/mol. The molecule has 2 nitrogen and oxygen atoms in total. The lowest BCUT2D eigenvalue weighted by Crippen LogP contribution is -3.00. The summed E-state index contributed by atoms with van der Waals surface area (Å²) in [7, 11) is 2.42. The lowest BCUT2D eigenvalue weighted by molar-refractivity contribution is -0.910. The van der Waals surface area contributed by atoms with E-state index in [9.17, 15) is 5.11 Å². The molecule has 0 radical (unpaired) electrons. The zero-order chi connectivity index (χ0) is 17.9. The molecule has 154 valence electrons. The highest BCUT2D eigenvalue weighted by molar-refractivity contribution is 4.50. The Morgan fingerprint density at radius 3 is 1.20 bits per heavy atom. The molecular formula is C22H48BrNO. The number of nitrogens with zero attached hydrogens (tertiary/aromatic N) is 1. The van der Waals surface area contributed by atoms with Crippen LogP contribution >= 0.6 is 0 Å². The van der Waals surface area contributed by atoms with E-state index >= 15 is 0 Å². The molecule has 25 heavy (non-hydrogen) atoms. The summed E-state index contributed by atoms with van der Waals surface area (Å²) in [5, 5.41) is 9.20. The molecule has 0 aliphatic carbocycles. The van der Waals surface area contributed by atoms with Gasteiger partial charge in [0.1, 0.15) is 0 Å². The molecule has 0 heterocycles. The van der Waals surface area contributed by atoms with Gasteiger partial charge in [0.05, 0.1) is 26.7 Å². The number of hydrogen-bond acceptors (Lipinski definition) is 1. The van der Waals surface area contributed by atoms with Crippen LogP contribution in [0.25, 0.3) is 0 Å². The van der Waals surface area contributed by atoms with Crippen molar-refractivity contribution in [2.24, 2.45) is 0 Å². The summed E-state index contributed by atoms with van der Waals surface area (Å²) in [6, 6.07) is 0. The van der Waals surface area contributed by atoms with Crippen LogP contribution in [0.4, 0.5) is 0 Å². The molecule has 1 N–H and O–H groups in total. The van der Waals surface area contributed by atoms with Crippen molar-refractivity contribution in [2.75, 3.05) is 33.3 Å². The van der Waals surface area contributed by atoms with Gasteiger partial charge in [0.2, 0.25) is 0 Å². The van der Waals surface area contributed by atoms with Gasteiger partial charge in [0.25, 0.3) is 0 Å². The number of halogens is 1. The van der Waals surface area contributed by atoms with Gasteiger partial charge in [0.15, 0.2) is 0 Å². The fourth-order valence-electron chi connectivity index (χ4n) is 3.69. The van der Waals surface area contributed by atoms with Crippen LogP contribution in [0, 0.1) is 0 Å². The summed E-state index contributed by atoms with van der Waals surface area (Å²) >= 11 is 0. The minimum atomic E-state index is 0. The van der Waals surface area contributed by atoms with E-state index in [4.69, 9.17) is 0 Å². The molecule has 0 rings (SSSR count). The van der Waals surface area contributed by atoms with E-state index in [0.29, 0.717) is 6.61 Å². The Balaban J connectivity index is 0. The molecule has 0 aromatic heterocycles. The molecule has 0 bridgehead atoms. The van der Waals surface area contributed by atoms with E-state index in [2.05, 4.69) is 20.9 Å². The highest BCUT2D eigenvalue weighted by atomic mass is 79.9. The lowest BCUT2D eigenvalue weighted by Gasteiger charge is -2.35. The van der Waals surface area contributed by atoms with E-state index in [1.54, 1.807) is 0 Å². The second-order valence-electron chi connectivity index (χ2n) is 8.11. The average molecular weight is 423 g/mol. The van der Waals surface area contributed by atoms with Crippen molar-refractivity contribution in [1.82, 2.24) is 0 Å². The van der Waals surface area contributed by atoms with Gasteiger partial charge in [-0.15, -0.1) is 0 Å². The van der Waals surface area contributed by atoms with Crippen LogP contribution in [0.2, 0.25) is 0 Å². The molecule has 3 heteroatoms. The molecule has 0 spiro atoms. The van der Waals surface area contributed by atoms with Gasteiger partial charge in [-0.1, -0.05) is 78.1 Å². The number of rotatable bonds is 19. The molecular weight excluding hydrogens is 374 g/mol. The molecule has 0 saturated carbocycles. The first kappa shape index (κ1) is 27.6. The van der Waals surface area contributed by atoms with Crippen molar-refractivity contribution in [3.8, 4) is 0 Å². The third-order valence-corrected chi connectivity index (χ3v) is 5.46. The maximum Gasteiger partial charge on any atom is 0.0806 e. The monoisotopic (exact) mass is 421 g/mol. The topological polar surface area (TPSA) is 20.2 Å². The molecule has 0 unspecified atom stereocenters. The number of quaternary nitrogens is 1. The van der Waals surface area contributed by atoms with Gasteiger partial charge in [-0.3, -0.25) is 0 Å². The van der Waals surface area contributed by atoms with Gasteiger partial charge in [0, 0.05) is 13.0 Å². The average Bonchev–Trinajstić information content (AvgIpc) is 2.58. The van der Waals surface area contributed by atoms with E-state index in [0.717, 1.165) is 13.0 Å². The second kappa shape index (κ2) is 20.7. The summed E-state index contributed by atoms with van der Waals surface area (Å²) in [6.45, 7) is 8.69. The van der Waals surface area contributed by atoms with Crippen molar-refractivity contribution in [2.45, 2.75) is 110 Å². The molecule has 0 amide bonds. The zero-order valence-electron chi connectivity index (χ0n) is 17.7. The van der Waals surface area contributed by atoms with Crippen molar-refractivity contribution >= 4 is 0 Å². The maximum absolute atomic E-state index is 9.20. The molecule has 0 aromatic rings. The van der Waals surface area contributed by atoms with Gasteiger partial charge in [-0.05, 0) is 25.7 Å². The minimum Gasteiger partial charge on any atom is -1.00 e. The SMILES string of the molecule is CCCCCCCCC[N+](C)(CCCO)CCCCCCCCC.[Br-]. The Bertz CT molecular complexity index is 230. The highest BCUT2D eigenvalue weighted by Crippen LogP contribution is 2.14. The second-order valence-corrected chi connectivity index (χ2v) is 8.11. The lowest BCUT2D eigenvalue weighted by atomic mass is 10.1. The number of aliphatic hydroxyl groups excluding tert-OH is 1. The van der Waals surface area contributed by atoms with E-state index in [-0.39, 0.29) is 17.0 Å². The van der Waals surface area contributed by atoms with Crippen molar-refractivity contribution in [3.63, 3.8) is 0 Å². The summed E-state index contributed by atoms with van der Waals surface area (Å²) in [6.07, 6.45) is 20.5. The summed E-state index contributed by atoms with van der Waals surface area (Å²) in [5.74, 6) is 0. The first-order valence-electron chi connectivity index (χ1n) is 11.1. The van der Waals surface area contributed by atoms with Crippen molar-refractivity contribution < 1.29 is 26.6 Å². The zero-order valence-corrected chi connectivity index (χ0v) is 19.3. The Hall–Kier alpha value is 0.400. The predicted octanol–water partition coefficient (Wildman–Crippen LogP) is 3.32. The first-order chi connectivity index (χ1) is 11.7.